The number of hydrogen-bond acceptors (Lipinski definition) is 0. The first-order valence-corrected chi connectivity index (χ1v) is 6.74. The van der Waals surface area contributed by atoms with Gasteiger partial charge in [0.1, 0.15) is 0 Å². The highest BCUT2D eigenvalue weighted by molar-refractivity contribution is 7.56. The first-order valence-electron chi connectivity index (χ1n) is 4.58. The van der Waals surface area contributed by atoms with Gasteiger partial charge in [-0.2, -0.15) is 0 Å². The molecular formula is C9H19P. The monoisotopic (exact) mass is 158 g/mol. The van der Waals surface area contributed by atoms with Crippen molar-refractivity contribution >= 4 is 7.92 Å². The predicted molar refractivity (Wildman–Crippen MR) is 50.3 cm³/mol. The van der Waals surface area contributed by atoms with E-state index in [0.717, 1.165) is 0 Å². The molecule has 0 spiro atoms. The van der Waals surface area contributed by atoms with Crippen molar-refractivity contribution in [1.29, 1.82) is 0 Å². The zero-order chi connectivity index (χ0) is 7.23. The van der Waals surface area contributed by atoms with Crippen LogP contribution in [0.3, 0.4) is 0 Å². The minimum atomic E-state index is 0.448. The van der Waals surface area contributed by atoms with Crippen molar-refractivity contribution in [2.75, 3.05) is 19.0 Å². The van der Waals surface area contributed by atoms with Gasteiger partial charge in [0.25, 0.3) is 0 Å². The summed E-state index contributed by atoms with van der Waals surface area (Å²) in [5, 5.41) is 0. The summed E-state index contributed by atoms with van der Waals surface area (Å²) in [6.45, 7) is 2.47. The van der Waals surface area contributed by atoms with Crippen molar-refractivity contribution in [2.45, 2.75) is 38.5 Å². The van der Waals surface area contributed by atoms with Gasteiger partial charge in [-0.25, -0.2) is 0 Å². The van der Waals surface area contributed by atoms with E-state index in [1.807, 2.05) is 0 Å². The lowest BCUT2D eigenvalue weighted by Gasteiger charge is -2.08. The molecule has 0 unspecified atom stereocenters. The van der Waals surface area contributed by atoms with Gasteiger partial charge < -0.3 is 0 Å². The number of rotatable bonds is 0. The van der Waals surface area contributed by atoms with Crippen LogP contribution in [0.5, 0.6) is 0 Å². The molecule has 0 radical (unpaired) electrons. The molecule has 10 heavy (non-hydrogen) atoms. The summed E-state index contributed by atoms with van der Waals surface area (Å²) in [6.07, 6.45) is 12.2. The quantitative estimate of drug-likeness (QED) is 0.474. The molecule has 0 aromatic carbocycles. The lowest BCUT2D eigenvalue weighted by atomic mass is 10.1. The molecule has 0 nitrogen and oxygen atoms in total. The van der Waals surface area contributed by atoms with Crippen molar-refractivity contribution in [3.8, 4) is 0 Å². The summed E-state index contributed by atoms with van der Waals surface area (Å²) in [7, 11) is 0.448. The topological polar surface area (TPSA) is 0 Å². The summed E-state index contributed by atoms with van der Waals surface area (Å²) in [5.74, 6) is 0. The molecule has 1 aliphatic rings. The summed E-state index contributed by atoms with van der Waals surface area (Å²) < 4.78 is 0. The second-order valence-corrected chi connectivity index (χ2v) is 6.03. The lowest BCUT2D eigenvalue weighted by Crippen LogP contribution is -1.86. The van der Waals surface area contributed by atoms with Crippen molar-refractivity contribution in [1.82, 2.24) is 0 Å². The maximum atomic E-state index is 2.47. The molecule has 0 N–H and O–H groups in total. The average Bonchev–Trinajstić information content (AvgIpc) is 2.02. The van der Waals surface area contributed by atoms with Crippen LogP contribution in [0, 0.1) is 0 Å². The smallest absolute Gasteiger partial charge is 0.0328 e. The normalized spacial score (nSPS) is 24.9. The second-order valence-electron chi connectivity index (χ2n) is 3.42. The standard InChI is InChI=1S/C9H19P/c1-10-8-6-4-2-3-5-7-9-10/h2-9H2,1H3. The molecule has 1 rings (SSSR count). The molecule has 0 saturated carbocycles. The van der Waals surface area contributed by atoms with Crippen LogP contribution in [0.4, 0.5) is 0 Å². The molecule has 0 amide bonds. The molecule has 1 fully saturated rings. The third-order valence-electron chi connectivity index (χ3n) is 2.33. The van der Waals surface area contributed by atoms with Crippen LogP contribution in [0.2, 0.25) is 0 Å². The molecule has 1 aliphatic heterocycles. The Hall–Kier alpha value is 0.430. The molecular weight excluding hydrogens is 139 g/mol. The van der Waals surface area contributed by atoms with Crippen LogP contribution < -0.4 is 0 Å². The van der Waals surface area contributed by atoms with Crippen molar-refractivity contribution in [3.05, 3.63) is 0 Å². The second kappa shape index (κ2) is 5.13. The van der Waals surface area contributed by atoms with Crippen LogP contribution in [0.1, 0.15) is 38.5 Å². The Kier molecular flexibility index (Phi) is 4.37. The van der Waals surface area contributed by atoms with Gasteiger partial charge in [0.05, 0.1) is 0 Å². The van der Waals surface area contributed by atoms with Crippen LogP contribution in [0.25, 0.3) is 0 Å². The third kappa shape index (κ3) is 3.56. The predicted octanol–water partition coefficient (Wildman–Crippen LogP) is 3.45. The SMILES string of the molecule is CP1CCCCCCCC1. The Labute approximate surface area is 66.2 Å². The highest BCUT2D eigenvalue weighted by Gasteiger charge is 2.03. The van der Waals surface area contributed by atoms with Gasteiger partial charge in [-0.1, -0.05) is 25.7 Å². The van der Waals surface area contributed by atoms with Crippen molar-refractivity contribution < 1.29 is 0 Å². The first-order chi connectivity index (χ1) is 4.89. The van der Waals surface area contributed by atoms with Crippen LogP contribution in [-0.2, 0) is 0 Å². The van der Waals surface area contributed by atoms with Gasteiger partial charge in [-0.3, -0.25) is 0 Å². The summed E-state index contributed by atoms with van der Waals surface area (Å²) in [5.41, 5.74) is 0. The van der Waals surface area contributed by atoms with Gasteiger partial charge in [-0.15, -0.1) is 7.92 Å². The molecule has 0 aromatic rings. The van der Waals surface area contributed by atoms with E-state index >= 15 is 0 Å². The maximum Gasteiger partial charge on any atom is -0.0328 e. The minimum absolute atomic E-state index is 0.448. The zero-order valence-corrected chi connectivity index (χ0v) is 8.00. The molecule has 0 aliphatic carbocycles. The molecule has 1 saturated heterocycles. The Morgan fingerprint density at radius 3 is 1.60 bits per heavy atom. The van der Waals surface area contributed by atoms with Crippen molar-refractivity contribution in [2.24, 2.45) is 0 Å². The highest BCUT2D eigenvalue weighted by atomic mass is 31.1. The summed E-state index contributed by atoms with van der Waals surface area (Å²) in [4.78, 5) is 0. The Balaban J connectivity index is 2.15. The highest BCUT2D eigenvalue weighted by Crippen LogP contribution is 2.34. The largest absolute Gasteiger partial charge is 0.110 e. The zero-order valence-electron chi connectivity index (χ0n) is 7.10. The Bertz CT molecular complexity index is 70.8. The van der Waals surface area contributed by atoms with E-state index in [-0.39, 0.29) is 0 Å². The van der Waals surface area contributed by atoms with Gasteiger partial charge >= 0.3 is 0 Å². The fourth-order valence-electron chi connectivity index (χ4n) is 1.58. The van der Waals surface area contributed by atoms with E-state index in [9.17, 15) is 0 Å². The van der Waals surface area contributed by atoms with E-state index in [2.05, 4.69) is 6.66 Å². The van der Waals surface area contributed by atoms with Crippen LogP contribution in [0.15, 0.2) is 0 Å². The molecule has 0 atom stereocenters. The fourth-order valence-corrected chi connectivity index (χ4v) is 3.33. The molecule has 1 heterocycles. The van der Waals surface area contributed by atoms with E-state index in [0.29, 0.717) is 7.92 Å². The molecule has 60 valence electrons. The lowest BCUT2D eigenvalue weighted by molar-refractivity contribution is 0.636. The Morgan fingerprint density at radius 1 is 0.700 bits per heavy atom. The summed E-state index contributed by atoms with van der Waals surface area (Å²) >= 11 is 0. The molecule has 0 aromatic heterocycles. The maximum absolute atomic E-state index is 2.47. The fraction of sp³-hybridized carbons (Fsp3) is 1.00. The van der Waals surface area contributed by atoms with Gasteiger partial charge in [-0.05, 0) is 31.8 Å². The van der Waals surface area contributed by atoms with Crippen LogP contribution in [-0.4, -0.2) is 19.0 Å². The summed E-state index contributed by atoms with van der Waals surface area (Å²) in [6, 6.07) is 0. The number of hydrogen-bond donors (Lipinski definition) is 0. The van der Waals surface area contributed by atoms with Gasteiger partial charge in [0.15, 0.2) is 0 Å². The molecule has 0 bridgehead atoms. The van der Waals surface area contributed by atoms with Crippen molar-refractivity contribution in [3.63, 3.8) is 0 Å². The molecule has 1 heteroatoms. The van der Waals surface area contributed by atoms with Gasteiger partial charge in [0.2, 0.25) is 0 Å². The third-order valence-corrected chi connectivity index (χ3v) is 4.49. The van der Waals surface area contributed by atoms with E-state index in [1.54, 1.807) is 12.3 Å². The van der Waals surface area contributed by atoms with Crippen LogP contribution >= 0.6 is 7.92 Å². The first kappa shape index (κ1) is 8.53. The van der Waals surface area contributed by atoms with E-state index < -0.39 is 0 Å². The van der Waals surface area contributed by atoms with E-state index in [4.69, 9.17) is 0 Å². The van der Waals surface area contributed by atoms with E-state index in [1.165, 1.54) is 38.5 Å². The minimum Gasteiger partial charge on any atom is -0.110 e. The van der Waals surface area contributed by atoms with Gasteiger partial charge in [0, 0.05) is 0 Å². The Morgan fingerprint density at radius 2 is 1.10 bits per heavy atom. The average molecular weight is 158 g/mol.